The monoisotopic (exact) mass is 769 g/mol. The largest absolute Gasteiger partial charge is 0.492 e. The van der Waals surface area contributed by atoms with Crippen molar-refractivity contribution in [3.05, 3.63) is 119 Å². The van der Waals surface area contributed by atoms with Crippen LogP contribution in [0.3, 0.4) is 0 Å². The minimum atomic E-state index is -3.38. The van der Waals surface area contributed by atoms with Gasteiger partial charge in [0.05, 0.1) is 23.1 Å². The molecular weight excluding hydrogens is 715 g/mol. The lowest BCUT2D eigenvalue weighted by Gasteiger charge is -2.43. The molecule has 0 bridgehead atoms. The molecule has 0 aliphatic rings. The van der Waals surface area contributed by atoms with E-state index < -0.39 is 18.2 Å². The van der Waals surface area contributed by atoms with Crippen LogP contribution in [-0.4, -0.2) is 64.3 Å². The van der Waals surface area contributed by atoms with Gasteiger partial charge in [0.1, 0.15) is 18.1 Å². The number of fused-ring (bicyclic) bond motifs is 1. The minimum absolute atomic E-state index is 0.151. The number of hydrogen-bond acceptors (Lipinski definition) is 8. The second-order valence-corrected chi connectivity index (χ2v) is 20.6. The molecular formula is C43H55N3O6SSi. The summed E-state index contributed by atoms with van der Waals surface area (Å²) in [5.41, 5.74) is 13.3. The van der Waals surface area contributed by atoms with Crippen molar-refractivity contribution in [1.29, 1.82) is 0 Å². The number of ether oxygens (including phenoxy) is 2. The van der Waals surface area contributed by atoms with E-state index in [0.717, 1.165) is 63.1 Å². The van der Waals surface area contributed by atoms with Gasteiger partial charge in [0.25, 0.3) is 0 Å². The van der Waals surface area contributed by atoms with E-state index in [4.69, 9.17) is 19.6 Å². The van der Waals surface area contributed by atoms with Gasteiger partial charge in [-0.3, -0.25) is 4.90 Å². The average Bonchev–Trinajstić information content (AvgIpc) is 3.51. The van der Waals surface area contributed by atoms with E-state index in [0.29, 0.717) is 32.0 Å². The molecule has 0 aliphatic heterocycles. The quantitative estimate of drug-likeness (QED) is 0.0670. The third-order valence-electron chi connectivity index (χ3n) is 10.7. The van der Waals surface area contributed by atoms with Crippen molar-refractivity contribution in [2.45, 2.75) is 83.4 Å². The summed E-state index contributed by atoms with van der Waals surface area (Å²) < 4.78 is 43.7. The first-order chi connectivity index (χ1) is 25.8. The van der Waals surface area contributed by atoms with Crippen LogP contribution in [-0.2, 0) is 32.1 Å². The Labute approximate surface area is 321 Å². The normalized spacial score (nSPS) is 13.3. The molecule has 0 saturated carbocycles. The number of carbonyl (C=O) groups is 1. The Kier molecular flexibility index (Phi) is 13.6. The van der Waals surface area contributed by atoms with Crippen LogP contribution in [0.2, 0.25) is 12.1 Å². The van der Waals surface area contributed by atoms with Crippen molar-refractivity contribution >= 4 is 35.0 Å². The van der Waals surface area contributed by atoms with Gasteiger partial charge in [-0.2, -0.15) is 0 Å². The standard InChI is InChI=1S/C43H55N3O6SSi/c1-8-50-43(47)42-30(4)39-22-20-37(26-41(39)45-42)51-24-23-46(29-33-15-12-11-13-16-33)32(6)54(9-2,10-3)52-31(5)34-17-14-18-35(25-34)40-27-38(53(7,48)49)21-19-36(40)28-44/h11-22,25-27,31-32,45H,8-10,23-24,28-29,44H2,1-7H3/t31-,32-/m1/s1. The second kappa shape index (κ2) is 17.9. The fourth-order valence-electron chi connectivity index (χ4n) is 7.37. The average molecular weight is 770 g/mol. The first-order valence-corrected chi connectivity index (χ1v) is 23.1. The Balaban J connectivity index is 1.37. The van der Waals surface area contributed by atoms with E-state index >= 15 is 0 Å². The fraction of sp³-hybridized carbons (Fsp3) is 0.372. The molecule has 0 saturated heterocycles. The van der Waals surface area contributed by atoms with Crippen molar-refractivity contribution in [2.24, 2.45) is 5.73 Å². The van der Waals surface area contributed by atoms with Gasteiger partial charge < -0.3 is 24.6 Å². The lowest BCUT2D eigenvalue weighted by atomic mass is 9.97. The van der Waals surface area contributed by atoms with Crippen molar-refractivity contribution in [3.63, 3.8) is 0 Å². The molecule has 0 amide bonds. The van der Waals surface area contributed by atoms with E-state index in [1.54, 1.807) is 25.1 Å². The van der Waals surface area contributed by atoms with Crippen LogP contribution in [0.15, 0.2) is 95.9 Å². The van der Waals surface area contributed by atoms with Gasteiger partial charge >= 0.3 is 5.97 Å². The first-order valence-electron chi connectivity index (χ1n) is 18.8. The number of nitrogens with one attached hydrogen (secondary N) is 1. The van der Waals surface area contributed by atoms with Gasteiger partial charge in [-0.1, -0.05) is 68.4 Å². The van der Waals surface area contributed by atoms with Crippen LogP contribution in [0.25, 0.3) is 22.0 Å². The molecule has 0 spiro atoms. The van der Waals surface area contributed by atoms with E-state index in [9.17, 15) is 13.2 Å². The Morgan fingerprint density at radius 1 is 0.926 bits per heavy atom. The molecule has 0 aliphatic carbocycles. The molecule has 0 unspecified atom stereocenters. The molecule has 1 heterocycles. The van der Waals surface area contributed by atoms with Gasteiger partial charge in [-0.05, 0) is 103 Å². The molecule has 1 aromatic heterocycles. The molecule has 11 heteroatoms. The Bertz CT molecular complexity index is 2150. The molecule has 0 fully saturated rings. The highest BCUT2D eigenvalue weighted by molar-refractivity contribution is 7.90. The number of benzene rings is 4. The van der Waals surface area contributed by atoms with E-state index in [-0.39, 0.29) is 22.6 Å². The SMILES string of the molecule is CCOC(=O)c1[nH]c2cc(OCCN(Cc3ccccc3)[C@@H](C)[Si](CC)(CC)O[C@H](C)c3cccc(-c4cc(S(C)(=O)=O)ccc4CN)c3)ccc2c1C. The lowest BCUT2D eigenvalue weighted by Crippen LogP contribution is -2.57. The number of H-pyrrole nitrogens is 1. The summed E-state index contributed by atoms with van der Waals surface area (Å²) >= 11 is 0. The van der Waals surface area contributed by atoms with Gasteiger partial charge in [0.15, 0.2) is 9.84 Å². The third kappa shape index (κ3) is 9.33. The molecule has 288 valence electrons. The van der Waals surface area contributed by atoms with Gasteiger partial charge in [0, 0.05) is 43.0 Å². The minimum Gasteiger partial charge on any atom is -0.492 e. The third-order valence-corrected chi connectivity index (χ3v) is 16.9. The summed E-state index contributed by atoms with van der Waals surface area (Å²) in [6.45, 7) is 15.2. The fourth-order valence-corrected chi connectivity index (χ4v) is 12.0. The molecule has 4 aromatic carbocycles. The molecule has 3 N–H and O–H groups in total. The van der Waals surface area contributed by atoms with Crippen LogP contribution in [0.5, 0.6) is 5.75 Å². The summed E-state index contributed by atoms with van der Waals surface area (Å²) in [4.78, 5) is 18.5. The van der Waals surface area contributed by atoms with E-state index in [1.165, 1.54) is 11.8 Å². The number of nitrogens with two attached hydrogens (primary N) is 1. The summed E-state index contributed by atoms with van der Waals surface area (Å²) in [7, 11) is -5.81. The van der Waals surface area contributed by atoms with E-state index in [2.05, 4.69) is 74.0 Å². The maximum absolute atomic E-state index is 12.5. The summed E-state index contributed by atoms with van der Waals surface area (Å²) in [6, 6.07) is 31.6. The zero-order valence-electron chi connectivity index (χ0n) is 32.6. The van der Waals surface area contributed by atoms with Crippen LogP contribution in [0.1, 0.15) is 73.5 Å². The first kappa shape index (κ1) is 40.9. The van der Waals surface area contributed by atoms with Crippen molar-refractivity contribution in [3.8, 4) is 16.9 Å². The topological polar surface area (TPSA) is 124 Å². The highest BCUT2D eigenvalue weighted by Gasteiger charge is 2.42. The maximum Gasteiger partial charge on any atom is 0.355 e. The smallest absolute Gasteiger partial charge is 0.355 e. The Morgan fingerprint density at radius 3 is 2.33 bits per heavy atom. The molecule has 0 radical (unpaired) electrons. The predicted molar refractivity (Wildman–Crippen MR) is 220 cm³/mol. The summed E-state index contributed by atoms with van der Waals surface area (Å²) in [5, 5.41) is 0.963. The van der Waals surface area contributed by atoms with Crippen molar-refractivity contribution in [1.82, 2.24) is 9.88 Å². The highest BCUT2D eigenvalue weighted by atomic mass is 32.2. The van der Waals surface area contributed by atoms with Crippen molar-refractivity contribution in [2.75, 3.05) is 26.0 Å². The number of aryl methyl sites for hydroxylation is 1. The number of sulfone groups is 1. The number of aromatic nitrogens is 1. The number of esters is 1. The van der Waals surface area contributed by atoms with Gasteiger partial charge in [-0.15, -0.1) is 0 Å². The Morgan fingerprint density at radius 2 is 1.67 bits per heavy atom. The summed E-state index contributed by atoms with van der Waals surface area (Å²) in [5.74, 6) is 0.369. The molecule has 2 atom stereocenters. The Hall–Kier alpha value is -4.26. The lowest BCUT2D eigenvalue weighted by molar-refractivity contribution is 0.0519. The van der Waals surface area contributed by atoms with Gasteiger partial charge in [-0.25, -0.2) is 13.2 Å². The number of nitrogens with zero attached hydrogens (tertiary/aromatic N) is 1. The van der Waals surface area contributed by atoms with Crippen LogP contribution in [0.4, 0.5) is 0 Å². The molecule has 5 rings (SSSR count). The van der Waals surface area contributed by atoms with Crippen LogP contribution < -0.4 is 10.5 Å². The number of carbonyl (C=O) groups excluding carboxylic acids is 1. The highest BCUT2D eigenvalue weighted by Crippen LogP contribution is 2.35. The molecule has 9 nitrogen and oxygen atoms in total. The number of rotatable bonds is 18. The number of aromatic amines is 1. The number of hydrogen-bond donors (Lipinski definition) is 2. The predicted octanol–water partition coefficient (Wildman–Crippen LogP) is 8.75. The summed E-state index contributed by atoms with van der Waals surface area (Å²) in [6.07, 6.45) is 1.03. The van der Waals surface area contributed by atoms with Crippen LogP contribution in [0, 0.1) is 6.92 Å². The molecule has 5 aromatic rings. The zero-order valence-corrected chi connectivity index (χ0v) is 34.5. The zero-order chi connectivity index (χ0) is 39.0. The van der Waals surface area contributed by atoms with Crippen molar-refractivity contribution < 1.29 is 27.1 Å². The van der Waals surface area contributed by atoms with Gasteiger partial charge in [0.2, 0.25) is 8.32 Å². The maximum atomic E-state index is 12.5. The molecule has 54 heavy (non-hydrogen) atoms. The van der Waals surface area contributed by atoms with Crippen LogP contribution >= 0.6 is 0 Å². The van der Waals surface area contributed by atoms with E-state index in [1.807, 2.05) is 43.3 Å². The second-order valence-electron chi connectivity index (χ2n) is 14.0.